The van der Waals surface area contributed by atoms with Gasteiger partial charge in [-0.05, 0) is 88.7 Å². The van der Waals surface area contributed by atoms with Crippen LogP contribution in [-0.4, -0.2) is 58.2 Å². The standard InChI is InChI=1S/C31H40N4O.C3H6/c1-3-35-30(22-28(32-35)20-24-10-6-4-7-11-24)26-16-18-34(19-17-26)23-25-14-15-29(21-25)33(2)31(36)27-12-8-5-9-13-27;1-3-2/h4-13,22,25-26,29H,3,14-21,23H2,1-2H3;3H,1H2,2H3/t25-,29?;/m1./s1. The number of carbonyl (C=O) groups excluding carboxylic acids is 1. The summed E-state index contributed by atoms with van der Waals surface area (Å²) in [6.45, 7) is 11.9. The highest BCUT2D eigenvalue weighted by Gasteiger charge is 2.32. The van der Waals surface area contributed by atoms with Crippen molar-refractivity contribution >= 4 is 5.91 Å². The van der Waals surface area contributed by atoms with Gasteiger partial charge >= 0.3 is 0 Å². The van der Waals surface area contributed by atoms with Gasteiger partial charge in [0.2, 0.25) is 0 Å². The molecule has 5 nitrogen and oxygen atoms in total. The van der Waals surface area contributed by atoms with Gasteiger partial charge in [0.05, 0.1) is 5.69 Å². The minimum Gasteiger partial charge on any atom is -0.339 e. The lowest BCUT2D eigenvalue weighted by molar-refractivity contribution is 0.0729. The Bertz CT molecular complexity index is 1160. The molecule has 2 aromatic carbocycles. The number of likely N-dealkylation sites (tertiary alicyclic amines) is 1. The first-order valence-corrected chi connectivity index (χ1v) is 14.7. The van der Waals surface area contributed by atoms with E-state index in [1.165, 1.54) is 42.8 Å². The number of aromatic nitrogens is 2. The van der Waals surface area contributed by atoms with Crippen molar-refractivity contribution in [2.45, 2.75) is 70.9 Å². The Balaban J connectivity index is 0.00000112. The molecule has 2 aliphatic rings. The zero-order chi connectivity index (χ0) is 27.6. The number of amides is 1. The maximum Gasteiger partial charge on any atom is 0.253 e. The molecule has 0 N–H and O–H groups in total. The van der Waals surface area contributed by atoms with Gasteiger partial charge in [-0.1, -0.05) is 54.6 Å². The molecule has 1 aliphatic heterocycles. The van der Waals surface area contributed by atoms with Crippen molar-refractivity contribution in [3.8, 4) is 0 Å². The van der Waals surface area contributed by atoms with Crippen molar-refractivity contribution < 1.29 is 4.79 Å². The third kappa shape index (κ3) is 7.69. The highest BCUT2D eigenvalue weighted by atomic mass is 16.2. The number of piperidine rings is 1. The summed E-state index contributed by atoms with van der Waals surface area (Å²) in [7, 11) is 1.98. The van der Waals surface area contributed by atoms with Crippen LogP contribution in [0.15, 0.2) is 79.4 Å². The van der Waals surface area contributed by atoms with E-state index >= 15 is 0 Å². The predicted octanol–water partition coefficient (Wildman–Crippen LogP) is 6.81. The summed E-state index contributed by atoms with van der Waals surface area (Å²) >= 11 is 0. The van der Waals surface area contributed by atoms with Gasteiger partial charge in [-0.15, -0.1) is 6.58 Å². The highest BCUT2D eigenvalue weighted by Crippen LogP contribution is 2.33. The second-order valence-electron chi connectivity index (χ2n) is 11.1. The number of aryl methyl sites for hydroxylation is 1. The lowest BCUT2D eigenvalue weighted by Gasteiger charge is -2.34. The van der Waals surface area contributed by atoms with E-state index in [4.69, 9.17) is 5.10 Å². The summed E-state index contributed by atoms with van der Waals surface area (Å²) in [5, 5.41) is 4.93. The molecule has 1 unspecified atom stereocenters. The number of carbonyl (C=O) groups is 1. The van der Waals surface area contributed by atoms with Crippen molar-refractivity contribution in [2.75, 3.05) is 26.7 Å². The molecule has 0 spiro atoms. The third-order valence-corrected chi connectivity index (χ3v) is 8.31. The Morgan fingerprint density at radius 2 is 1.67 bits per heavy atom. The van der Waals surface area contributed by atoms with Gasteiger partial charge in [-0.2, -0.15) is 5.10 Å². The molecule has 0 bridgehead atoms. The smallest absolute Gasteiger partial charge is 0.253 e. The minimum absolute atomic E-state index is 0.154. The zero-order valence-corrected chi connectivity index (χ0v) is 24.1. The van der Waals surface area contributed by atoms with Crippen molar-refractivity contribution in [3.63, 3.8) is 0 Å². The average molecular weight is 527 g/mol. The van der Waals surface area contributed by atoms with Crippen LogP contribution in [0.2, 0.25) is 0 Å². The van der Waals surface area contributed by atoms with E-state index in [-0.39, 0.29) is 5.91 Å². The second kappa shape index (κ2) is 14.3. The van der Waals surface area contributed by atoms with Crippen LogP contribution in [0.3, 0.4) is 0 Å². The number of allylic oxidation sites excluding steroid dienone is 1. The Labute approximate surface area is 235 Å². The first-order chi connectivity index (χ1) is 19.0. The van der Waals surface area contributed by atoms with Crippen LogP contribution in [0.25, 0.3) is 0 Å². The molecule has 208 valence electrons. The molecule has 39 heavy (non-hydrogen) atoms. The monoisotopic (exact) mass is 526 g/mol. The molecule has 0 radical (unpaired) electrons. The van der Waals surface area contributed by atoms with Crippen LogP contribution < -0.4 is 0 Å². The molecule has 1 saturated heterocycles. The normalized spacial score (nSPS) is 19.8. The van der Waals surface area contributed by atoms with E-state index in [9.17, 15) is 4.79 Å². The molecule has 5 rings (SSSR count). The molecular weight excluding hydrogens is 480 g/mol. The average Bonchev–Trinajstić information content (AvgIpc) is 3.61. The van der Waals surface area contributed by atoms with Crippen molar-refractivity contribution in [1.82, 2.24) is 19.6 Å². The Kier molecular flexibility index (Phi) is 10.5. The summed E-state index contributed by atoms with van der Waals surface area (Å²) < 4.78 is 2.24. The van der Waals surface area contributed by atoms with Crippen LogP contribution in [0, 0.1) is 5.92 Å². The predicted molar refractivity (Wildman–Crippen MR) is 161 cm³/mol. The van der Waals surface area contributed by atoms with Gasteiger partial charge in [0, 0.05) is 49.8 Å². The van der Waals surface area contributed by atoms with E-state index in [1.54, 1.807) is 6.08 Å². The maximum absolute atomic E-state index is 12.9. The number of rotatable bonds is 8. The van der Waals surface area contributed by atoms with E-state index in [1.807, 2.05) is 49.2 Å². The summed E-state index contributed by atoms with van der Waals surface area (Å²) in [6, 6.07) is 23.1. The van der Waals surface area contributed by atoms with Crippen molar-refractivity contribution in [1.29, 1.82) is 0 Å². The second-order valence-corrected chi connectivity index (χ2v) is 11.1. The maximum atomic E-state index is 12.9. The molecule has 5 heteroatoms. The summed E-state index contributed by atoms with van der Waals surface area (Å²) in [5.74, 6) is 1.45. The number of nitrogens with zero attached hydrogens (tertiary/aromatic N) is 4. The molecule has 2 atom stereocenters. The van der Waals surface area contributed by atoms with Crippen LogP contribution >= 0.6 is 0 Å². The Hall–Kier alpha value is -3.18. The fourth-order valence-electron chi connectivity index (χ4n) is 6.25. The SMILES string of the molecule is C=CC.CCn1nc(Cc2ccccc2)cc1C1CCN(C[C@@H]2CCC(N(C)C(=O)c3ccccc3)C2)CC1. The summed E-state index contributed by atoms with van der Waals surface area (Å²) in [4.78, 5) is 17.5. The molecule has 1 saturated carbocycles. The molecular formula is C34H46N4O. The highest BCUT2D eigenvalue weighted by molar-refractivity contribution is 5.94. The molecule has 3 aromatic rings. The third-order valence-electron chi connectivity index (χ3n) is 8.31. The van der Waals surface area contributed by atoms with Gasteiger partial charge in [0.15, 0.2) is 0 Å². The molecule has 1 amide bonds. The van der Waals surface area contributed by atoms with Gasteiger partial charge in [-0.3, -0.25) is 9.48 Å². The number of hydrogen-bond donors (Lipinski definition) is 0. The molecule has 2 heterocycles. The topological polar surface area (TPSA) is 41.4 Å². The van der Waals surface area contributed by atoms with Gasteiger partial charge in [0.1, 0.15) is 0 Å². The van der Waals surface area contributed by atoms with E-state index in [2.05, 4.69) is 59.5 Å². The first kappa shape index (κ1) is 28.8. The van der Waals surface area contributed by atoms with Gasteiger partial charge in [0.25, 0.3) is 5.91 Å². The largest absolute Gasteiger partial charge is 0.339 e. The lowest BCUT2D eigenvalue weighted by atomic mass is 9.92. The lowest BCUT2D eigenvalue weighted by Crippen LogP contribution is -2.38. The van der Waals surface area contributed by atoms with Crippen molar-refractivity contribution in [2.24, 2.45) is 5.92 Å². The fraction of sp³-hybridized carbons (Fsp3) is 0.471. The van der Waals surface area contributed by atoms with Crippen LogP contribution in [0.5, 0.6) is 0 Å². The quantitative estimate of drug-likeness (QED) is 0.303. The zero-order valence-electron chi connectivity index (χ0n) is 24.1. The van der Waals surface area contributed by atoms with E-state index in [0.29, 0.717) is 17.9 Å². The van der Waals surface area contributed by atoms with Crippen molar-refractivity contribution in [3.05, 3.63) is 102 Å². The minimum atomic E-state index is 0.154. The van der Waals surface area contributed by atoms with Crippen LogP contribution in [-0.2, 0) is 13.0 Å². The molecule has 1 aliphatic carbocycles. The van der Waals surface area contributed by atoms with Gasteiger partial charge in [-0.25, -0.2) is 0 Å². The number of hydrogen-bond acceptors (Lipinski definition) is 3. The molecule has 2 fully saturated rings. The van der Waals surface area contributed by atoms with E-state index in [0.717, 1.165) is 44.5 Å². The van der Waals surface area contributed by atoms with E-state index < -0.39 is 0 Å². The Morgan fingerprint density at radius 1 is 1.03 bits per heavy atom. The number of benzene rings is 2. The Morgan fingerprint density at radius 3 is 2.31 bits per heavy atom. The molecule has 1 aromatic heterocycles. The van der Waals surface area contributed by atoms with Gasteiger partial charge < -0.3 is 9.80 Å². The van der Waals surface area contributed by atoms with Crippen LogP contribution in [0.4, 0.5) is 0 Å². The summed E-state index contributed by atoms with van der Waals surface area (Å²) in [5.41, 5.74) is 4.73. The fourth-order valence-corrected chi connectivity index (χ4v) is 6.25. The van der Waals surface area contributed by atoms with Crippen LogP contribution in [0.1, 0.15) is 79.2 Å². The summed E-state index contributed by atoms with van der Waals surface area (Å²) in [6.07, 6.45) is 8.54. The first-order valence-electron chi connectivity index (χ1n) is 14.7.